The summed E-state index contributed by atoms with van der Waals surface area (Å²) in [6.07, 6.45) is 4.66. The topological polar surface area (TPSA) is 17.3 Å². The first kappa shape index (κ1) is 5.26. The Kier molecular flexibility index (Phi) is 1.00. The van der Waals surface area contributed by atoms with Gasteiger partial charge in [-0.25, -0.2) is 4.98 Å². The van der Waals surface area contributed by atoms with Crippen LogP contribution in [-0.4, -0.2) is 9.38 Å². The molecule has 45 valence electrons. The van der Waals surface area contributed by atoms with Gasteiger partial charge in [0.2, 0.25) is 0 Å². The van der Waals surface area contributed by atoms with Crippen LogP contribution in [0.15, 0.2) is 11.6 Å². The largest absolute Gasteiger partial charge is 0.287 e. The molecule has 0 amide bonds. The lowest BCUT2D eigenvalue weighted by molar-refractivity contribution is 1.22. The lowest BCUT2D eigenvalue weighted by Crippen LogP contribution is -1.67. The highest BCUT2D eigenvalue weighted by atomic mass is 35.5. The molecule has 2 heterocycles. The van der Waals surface area contributed by atoms with Crippen LogP contribution in [0.2, 0.25) is 5.15 Å². The van der Waals surface area contributed by atoms with Crippen molar-refractivity contribution < 1.29 is 0 Å². The average molecular weight is 158 g/mol. The van der Waals surface area contributed by atoms with E-state index in [4.69, 9.17) is 11.6 Å². The molecule has 0 fully saturated rings. The van der Waals surface area contributed by atoms with E-state index in [9.17, 15) is 0 Å². The van der Waals surface area contributed by atoms with Gasteiger partial charge in [0, 0.05) is 11.6 Å². The number of hydrogen-bond donors (Lipinski definition) is 0. The van der Waals surface area contributed by atoms with Gasteiger partial charge in [-0.1, -0.05) is 11.6 Å². The number of imidazole rings is 1. The van der Waals surface area contributed by atoms with Crippen LogP contribution >= 0.6 is 22.9 Å². The van der Waals surface area contributed by atoms with Crippen molar-refractivity contribution in [1.29, 1.82) is 0 Å². The van der Waals surface area contributed by atoms with Crippen LogP contribution in [0.25, 0.3) is 4.96 Å². The van der Waals surface area contributed by atoms with Crippen LogP contribution in [0.4, 0.5) is 0 Å². The highest BCUT2D eigenvalue weighted by Crippen LogP contribution is 2.13. The van der Waals surface area contributed by atoms with Crippen molar-refractivity contribution in [2.45, 2.75) is 0 Å². The molecule has 2 aromatic heterocycles. The van der Waals surface area contributed by atoms with Crippen molar-refractivity contribution in [2.75, 3.05) is 0 Å². The van der Waals surface area contributed by atoms with Crippen LogP contribution < -0.4 is 0 Å². The minimum absolute atomic E-state index is 0.526. The van der Waals surface area contributed by atoms with E-state index in [1.165, 1.54) is 11.3 Å². The predicted octanol–water partition coefficient (Wildman–Crippen LogP) is 1.85. The quantitative estimate of drug-likeness (QED) is 0.571. The molecule has 9 heavy (non-hydrogen) atoms. The summed E-state index contributed by atoms with van der Waals surface area (Å²) in [6, 6.07) is 0. The van der Waals surface area contributed by atoms with E-state index in [1.807, 2.05) is 5.38 Å². The number of aromatic nitrogens is 2. The molecule has 0 N–H and O–H groups in total. The summed E-state index contributed by atoms with van der Waals surface area (Å²) in [4.78, 5) is 4.88. The summed E-state index contributed by atoms with van der Waals surface area (Å²) in [5, 5.41) is 2.37. The van der Waals surface area contributed by atoms with Gasteiger partial charge in [-0.15, -0.1) is 11.3 Å². The van der Waals surface area contributed by atoms with E-state index < -0.39 is 0 Å². The summed E-state index contributed by atoms with van der Waals surface area (Å²) in [5.41, 5.74) is 0. The Morgan fingerprint density at radius 1 is 1.78 bits per heavy atom. The van der Waals surface area contributed by atoms with Gasteiger partial charge in [-0.05, 0) is 0 Å². The van der Waals surface area contributed by atoms with E-state index in [1.54, 1.807) is 10.6 Å². The van der Waals surface area contributed by atoms with Gasteiger partial charge < -0.3 is 0 Å². The highest BCUT2D eigenvalue weighted by molar-refractivity contribution is 7.15. The Balaban J connectivity index is 2.92. The zero-order valence-electron chi connectivity index (χ0n) is 4.34. The van der Waals surface area contributed by atoms with E-state index in [2.05, 4.69) is 11.2 Å². The molecular formula is C5H2ClN2S. The highest BCUT2D eigenvalue weighted by Gasteiger charge is 1.97. The average Bonchev–Trinajstić information content (AvgIpc) is 2.22. The molecule has 0 aliphatic rings. The van der Waals surface area contributed by atoms with Gasteiger partial charge in [0.1, 0.15) is 5.15 Å². The minimum Gasteiger partial charge on any atom is -0.287 e. The van der Waals surface area contributed by atoms with E-state index >= 15 is 0 Å². The molecular weight excluding hydrogens is 156 g/mol. The summed E-state index contributed by atoms with van der Waals surface area (Å²) in [7, 11) is 0. The van der Waals surface area contributed by atoms with Crippen LogP contribution in [0.5, 0.6) is 0 Å². The van der Waals surface area contributed by atoms with Gasteiger partial charge in [0.05, 0.1) is 6.20 Å². The number of halogens is 1. The van der Waals surface area contributed by atoms with Crippen LogP contribution in [0, 0.1) is 6.20 Å². The van der Waals surface area contributed by atoms with Crippen molar-refractivity contribution in [3.63, 3.8) is 0 Å². The molecule has 0 aromatic carbocycles. The second kappa shape index (κ2) is 1.72. The number of fused-ring (bicyclic) bond motifs is 1. The van der Waals surface area contributed by atoms with E-state index in [0.29, 0.717) is 5.15 Å². The molecule has 4 heteroatoms. The molecule has 0 saturated carbocycles. The third kappa shape index (κ3) is 0.730. The smallest absolute Gasteiger partial charge is 0.195 e. The molecule has 2 nitrogen and oxygen atoms in total. The fraction of sp³-hybridized carbons (Fsp3) is 0. The zero-order valence-corrected chi connectivity index (χ0v) is 5.91. The molecule has 0 aliphatic carbocycles. The monoisotopic (exact) mass is 157 g/mol. The molecule has 0 unspecified atom stereocenters. The maximum atomic E-state index is 5.58. The van der Waals surface area contributed by atoms with Crippen LogP contribution in [0.1, 0.15) is 0 Å². The van der Waals surface area contributed by atoms with Crippen LogP contribution in [-0.2, 0) is 0 Å². The Bertz CT molecular complexity index is 296. The van der Waals surface area contributed by atoms with Crippen molar-refractivity contribution in [3.8, 4) is 0 Å². The van der Waals surface area contributed by atoms with Crippen molar-refractivity contribution in [2.24, 2.45) is 0 Å². The molecule has 0 saturated heterocycles. The molecule has 2 aromatic rings. The lowest BCUT2D eigenvalue weighted by atomic mass is 10.9. The number of rotatable bonds is 0. The fourth-order valence-electron chi connectivity index (χ4n) is 0.647. The van der Waals surface area contributed by atoms with Gasteiger partial charge in [0.25, 0.3) is 0 Å². The predicted molar refractivity (Wildman–Crippen MR) is 36.9 cm³/mol. The van der Waals surface area contributed by atoms with Crippen molar-refractivity contribution in [3.05, 3.63) is 22.9 Å². The second-order valence-electron chi connectivity index (χ2n) is 1.58. The Hall–Kier alpha value is -0.540. The molecule has 0 aliphatic heterocycles. The Labute approximate surface area is 60.7 Å². The number of hydrogen-bond acceptors (Lipinski definition) is 2. The summed E-state index contributed by atoms with van der Waals surface area (Å²) in [6.45, 7) is 0. The Morgan fingerprint density at radius 3 is 3.44 bits per heavy atom. The van der Waals surface area contributed by atoms with Crippen molar-refractivity contribution in [1.82, 2.24) is 9.38 Å². The normalized spacial score (nSPS) is 10.8. The third-order valence-electron chi connectivity index (χ3n) is 1.00. The first-order chi connectivity index (χ1) is 4.36. The summed E-state index contributed by atoms with van der Waals surface area (Å²) >= 11 is 7.10. The number of thiazole rings is 1. The SMILES string of the molecule is Clc1cn2[c]csc2n1. The summed E-state index contributed by atoms with van der Waals surface area (Å²) < 4.78 is 1.77. The summed E-state index contributed by atoms with van der Waals surface area (Å²) in [5.74, 6) is 0. The molecule has 0 atom stereocenters. The second-order valence-corrected chi connectivity index (χ2v) is 2.80. The van der Waals surface area contributed by atoms with Crippen molar-refractivity contribution >= 4 is 27.9 Å². The van der Waals surface area contributed by atoms with Gasteiger partial charge in [-0.3, -0.25) is 4.40 Å². The first-order valence-electron chi connectivity index (χ1n) is 2.36. The first-order valence-corrected chi connectivity index (χ1v) is 3.62. The Morgan fingerprint density at radius 2 is 2.67 bits per heavy atom. The van der Waals surface area contributed by atoms with Gasteiger partial charge in [0.15, 0.2) is 4.96 Å². The molecule has 2 rings (SSSR count). The third-order valence-corrected chi connectivity index (χ3v) is 1.90. The van der Waals surface area contributed by atoms with E-state index in [0.717, 1.165) is 4.96 Å². The minimum atomic E-state index is 0.526. The maximum absolute atomic E-state index is 5.58. The molecule has 1 radical (unpaired) electrons. The standard InChI is InChI=1S/C5H2ClN2S/c6-4-3-8-1-2-9-5(8)7-4/h2-3H. The zero-order chi connectivity index (χ0) is 6.27. The number of nitrogens with zero attached hydrogens (tertiary/aromatic N) is 2. The van der Waals surface area contributed by atoms with Crippen LogP contribution in [0.3, 0.4) is 0 Å². The fourth-order valence-corrected chi connectivity index (χ4v) is 1.52. The molecule has 0 bridgehead atoms. The van der Waals surface area contributed by atoms with E-state index in [-0.39, 0.29) is 0 Å². The van der Waals surface area contributed by atoms with Gasteiger partial charge >= 0.3 is 0 Å². The molecule has 0 spiro atoms. The lowest BCUT2D eigenvalue weighted by Gasteiger charge is -1.70. The maximum Gasteiger partial charge on any atom is 0.195 e. The van der Waals surface area contributed by atoms with Gasteiger partial charge in [-0.2, -0.15) is 0 Å².